The Balaban J connectivity index is 1.54. The highest BCUT2D eigenvalue weighted by molar-refractivity contribution is 6.09. The maximum Gasteiger partial charge on any atom is 0.573 e. The summed E-state index contributed by atoms with van der Waals surface area (Å²) in [6, 6.07) is 10.3. The predicted octanol–water partition coefficient (Wildman–Crippen LogP) is 3.05. The summed E-state index contributed by atoms with van der Waals surface area (Å²) in [6.45, 7) is 0. The van der Waals surface area contributed by atoms with Gasteiger partial charge in [0.15, 0.2) is 0 Å². The molecular weight excluding hydrogens is 391 g/mol. The van der Waals surface area contributed by atoms with Gasteiger partial charge in [0, 0.05) is 12.1 Å². The second-order valence-corrected chi connectivity index (χ2v) is 6.22. The summed E-state index contributed by atoms with van der Waals surface area (Å²) in [4.78, 5) is 36.6. The zero-order valence-corrected chi connectivity index (χ0v) is 14.9. The molecule has 3 amide bonds. The summed E-state index contributed by atoms with van der Waals surface area (Å²) in [6.07, 6.45) is -4.84. The molecule has 1 aliphatic rings. The van der Waals surface area contributed by atoms with Gasteiger partial charge in [0.05, 0.1) is 11.3 Å². The number of benzene rings is 2. The van der Waals surface area contributed by atoms with Crippen LogP contribution in [-0.4, -0.2) is 30.1 Å². The quantitative estimate of drug-likeness (QED) is 0.710. The highest BCUT2D eigenvalue weighted by Gasteiger charge is 2.31. The molecule has 152 valence electrons. The van der Waals surface area contributed by atoms with E-state index < -0.39 is 35.9 Å². The molecule has 1 aliphatic heterocycles. The van der Waals surface area contributed by atoms with Crippen molar-refractivity contribution < 1.29 is 32.3 Å². The molecule has 1 heterocycles. The lowest BCUT2D eigenvalue weighted by atomic mass is 10.1. The van der Waals surface area contributed by atoms with E-state index in [1.165, 1.54) is 12.1 Å². The molecule has 29 heavy (non-hydrogen) atoms. The summed E-state index contributed by atoms with van der Waals surface area (Å²) >= 11 is 0. The molecular formula is C19H16F3N3O4. The molecule has 1 atom stereocenters. The molecule has 2 aromatic rings. The Kier molecular flexibility index (Phi) is 5.71. The van der Waals surface area contributed by atoms with Gasteiger partial charge in [-0.1, -0.05) is 12.1 Å². The number of alkyl halides is 3. The summed E-state index contributed by atoms with van der Waals surface area (Å²) < 4.78 is 40.2. The molecule has 7 nitrogen and oxygen atoms in total. The zero-order valence-electron chi connectivity index (χ0n) is 14.9. The van der Waals surface area contributed by atoms with E-state index in [-0.39, 0.29) is 18.5 Å². The van der Waals surface area contributed by atoms with Crippen LogP contribution in [0, 0.1) is 0 Å². The van der Waals surface area contributed by atoms with Gasteiger partial charge in [0.1, 0.15) is 11.8 Å². The van der Waals surface area contributed by atoms with Crippen LogP contribution in [0.3, 0.4) is 0 Å². The molecule has 2 aromatic carbocycles. The molecule has 3 rings (SSSR count). The number of fused-ring (bicyclic) bond motifs is 1. The van der Waals surface area contributed by atoms with E-state index in [0.29, 0.717) is 11.3 Å². The van der Waals surface area contributed by atoms with Gasteiger partial charge in [-0.15, -0.1) is 13.2 Å². The minimum absolute atomic E-state index is 0.0483. The molecule has 0 aliphatic carbocycles. The highest BCUT2D eigenvalue weighted by Crippen LogP contribution is 2.24. The van der Waals surface area contributed by atoms with Crippen LogP contribution in [0.4, 0.5) is 24.5 Å². The number of amides is 3. The third-order valence-corrected chi connectivity index (χ3v) is 4.08. The van der Waals surface area contributed by atoms with Crippen LogP contribution in [0.1, 0.15) is 23.2 Å². The number of rotatable bonds is 5. The first-order valence-corrected chi connectivity index (χ1v) is 8.58. The van der Waals surface area contributed by atoms with E-state index in [0.717, 1.165) is 12.1 Å². The average Bonchev–Trinajstić information content (AvgIpc) is 2.77. The normalized spacial score (nSPS) is 16.2. The third-order valence-electron chi connectivity index (χ3n) is 4.08. The summed E-state index contributed by atoms with van der Waals surface area (Å²) in [5.74, 6) is -1.74. The van der Waals surface area contributed by atoms with Gasteiger partial charge >= 0.3 is 6.36 Å². The summed E-state index contributed by atoms with van der Waals surface area (Å²) in [5, 5.41) is 7.73. The SMILES string of the molecule is O=C(CCC1NC(=O)c2ccccc2NC1=O)Nc1ccc(OC(F)(F)F)cc1. The molecule has 3 N–H and O–H groups in total. The lowest BCUT2D eigenvalue weighted by Crippen LogP contribution is -2.41. The van der Waals surface area contributed by atoms with Crippen LogP contribution in [0.15, 0.2) is 48.5 Å². The number of carbonyl (C=O) groups excluding carboxylic acids is 3. The number of carbonyl (C=O) groups is 3. The van der Waals surface area contributed by atoms with E-state index in [1.54, 1.807) is 24.3 Å². The number of halogens is 3. The molecule has 10 heteroatoms. The average molecular weight is 407 g/mol. The fourth-order valence-electron chi connectivity index (χ4n) is 2.75. The summed E-state index contributed by atoms with van der Waals surface area (Å²) in [5.41, 5.74) is 0.989. The van der Waals surface area contributed by atoms with Crippen LogP contribution < -0.4 is 20.7 Å². The van der Waals surface area contributed by atoms with Crippen LogP contribution in [-0.2, 0) is 9.59 Å². The Labute approximate surface area is 163 Å². The van der Waals surface area contributed by atoms with Gasteiger partial charge in [-0.05, 0) is 42.8 Å². The zero-order chi connectivity index (χ0) is 21.0. The maximum atomic E-state index is 12.3. The lowest BCUT2D eigenvalue weighted by Gasteiger charge is -2.14. The number of hydrogen-bond acceptors (Lipinski definition) is 4. The maximum absolute atomic E-state index is 12.3. The Morgan fingerprint density at radius 3 is 2.45 bits per heavy atom. The number of anilines is 2. The van der Waals surface area contributed by atoms with Crippen molar-refractivity contribution in [1.29, 1.82) is 0 Å². The van der Waals surface area contributed by atoms with E-state index >= 15 is 0 Å². The molecule has 1 unspecified atom stereocenters. The number of para-hydroxylation sites is 1. The first kappa shape index (κ1) is 20.2. The molecule has 0 saturated heterocycles. The van der Waals surface area contributed by atoms with Crippen molar-refractivity contribution in [3.63, 3.8) is 0 Å². The molecule has 0 bridgehead atoms. The van der Waals surface area contributed by atoms with Crippen molar-refractivity contribution >= 4 is 29.1 Å². The van der Waals surface area contributed by atoms with Crippen LogP contribution in [0.2, 0.25) is 0 Å². The molecule has 0 aromatic heterocycles. The Bertz CT molecular complexity index is 929. The van der Waals surface area contributed by atoms with Crippen molar-refractivity contribution in [2.24, 2.45) is 0 Å². The lowest BCUT2D eigenvalue weighted by molar-refractivity contribution is -0.274. The monoisotopic (exact) mass is 407 g/mol. The van der Waals surface area contributed by atoms with Crippen LogP contribution in [0.25, 0.3) is 0 Å². The minimum atomic E-state index is -4.80. The second-order valence-electron chi connectivity index (χ2n) is 6.22. The summed E-state index contributed by atoms with van der Waals surface area (Å²) in [7, 11) is 0. The van der Waals surface area contributed by atoms with E-state index in [4.69, 9.17) is 0 Å². The van der Waals surface area contributed by atoms with Crippen molar-refractivity contribution in [2.45, 2.75) is 25.2 Å². The standard InChI is InChI=1S/C19H16F3N3O4/c20-19(21,22)29-12-7-5-11(6-8-12)23-16(26)10-9-15-18(28)24-14-4-2-1-3-13(14)17(27)25-15/h1-8,15H,9-10H2,(H,23,26)(H,24,28)(H,25,27). The van der Waals surface area contributed by atoms with Crippen molar-refractivity contribution in [2.75, 3.05) is 10.6 Å². The smallest absolute Gasteiger partial charge is 0.406 e. The van der Waals surface area contributed by atoms with Crippen molar-refractivity contribution in [3.8, 4) is 5.75 Å². The molecule has 0 fully saturated rings. The fourth-order valence-corrected chi connectivity index (χ4v) is 2.75. The highest BCUT2D eigenvalue weighted by atomic mass is 19.4. The third kappa shape index (κ3) is 5.47. The largest absolute Gasteiger partial charge is 0.573 e. The van der Waals surface area contributed by atoms with E-state index in [9.17, 15) is 27.6 Å². The molecule has 0 radical (unpaired) electrons. The Morgan fingerprint density at radius 1 is 1.07 bits per heavy atom. The number of hydrogen-bond donors (Lipinski definition) is 3. The van der Waals surface area contributed by atoms with Crippen molar-refractivity contribution in [1.82, 2.24) is 5.32 Å². The van der Waals surface area contributed by atoms with Gasteiger partial charge in [-0.25, -0.2) is 0 Å². The van der Waals surface area contributed by atoms with Gasteiger partial charge in [-0.3, -0.25) is 14.4 Å². The van der Waals surface area contributed by atoms with Gasteiger partial charge in [0.2, 0.25) is 11.8 Å². The molecule has 0 saturated carbocycles. The van der Waals surface area contributed by atoms with Crippen LogP contribution in [0.5, 0.6) is 5.75 Å². The van der Waals surface area contributed by atoms with Crippen molar-refractivity contribution in [3.05, 3.63) is 54.1 Å². The predicted molar refractivity (Wildman–Crippen MR) is 97.3 cm³/mol. The second kappa shape index (κ2) is 8.21. The molecule has 0 spiro atoms. The van der Waals surface area contributed by atoms with Crippen LogP contribution >= 0.6 is 0 Å². The van der Waals surface area contributed by atoms with E-state index in [1.807, 2.05) is 0 Å². The van der Waals surface area contributed by atoms with Gasteiger partial charge < -0.3 is 20.7 Å². The minimum Gasteiger partial charge on any atom is -0.406 e. The Hall–Kier alpha value is -3.56. The number of nitrogens with one attached hydrogen (secondary N) is 3. The van der Waals surface area contributed by atoms with Gasteiger partial charge in [0.25, 0.3) is 5.91 Å². The topological polar surface area (TPSA) is 96.5 Å². The first-order chi connectivity index (χ1) is 13.7. The fraction of sp³-hybridized carbons (Fsp3) is 0.211. The first-order valence-electron chi connectivity index (χ1n) is 8.58. The van der Waals surface area contributed by atoms with Gasteiger partial charge in [-0.2, -0.15) is 0 Å². The van der Waals surface area contributed by atoms with E-state index in [2.05, 4.69) is 20.7 Å². The number of ether oxygens (including phenoxy) is 1. The Morgan fingerprint density at radius 2 is 1.76 bits per heavy atom.